The summed E-state index contributed by atoms with van der Waals surface area (Å²) in [6.07, 6.45) is 1.34. The van der Waals surface area contributed by atoms with Gasteiger partial charge in [-0.25, -0.2) is 4.39 Å². The molecule has 0 aliphatic carbocycles. The van der Waals surface area contributed by atoms with Crippen LogP contribution >= 0.6 is 11.6 Å². The van der Waals surface area contributed by atoms with E-state index in [1.807, 2.05) is 18.2 Å². The SMILES string of the molecule is COCCCOc1cc(CCC(=O)N=C(N)N)ccc1-c1ccc(F)c(Cl)c1. The maximum absolute atomic E-state index is 13.5. The normalized spacial score (nSPS) is 10.5. The minimum Gasteiger partial charge on any atom is -0.493 e. The van der Waals surface area contributed by atoms with Crippen LogP contribution < -0.4 is 16.2 Å². The zero-order chi connectivity index (χ0) is 20.5. The van der Waals surface area contributed by atoms with Gasteiger partial charge in [0.05, 0.1) is 11.6 Å². The second-order valence-corrected chi connectivity index (χ2v) is 6.49. The van der Waals surface area contributed by atoms with Gasteiger partial charge in [0.15, 0.2) is 5.96 Å². The lowest BCUT2D eigenvalue weighted by molar-refractivity contribution is -0.117. The van der Waals surface area contributed by atoms with Crippen LogP contribution in [0.2, 0.25) is 5.02 Å². The molecule has 28 heavy (non-hydrogen) atoms. The Morgan fingerprint density at radius 2 is 1.96 bits per heavy atom. The van der Waals surface area contributed by atoms with E-state index in [4.69, 9.17) is 32.5 Å². The van der Waals surface area contributed by atoms with Crippen molar-refractivity contribution < 1.29 is 18.7 Å². The fraction of sp³-hybridized carbons (Fsp3) is 0.300. The van der Waals surface area contributed by atoms with Gasteiger partial charge in [-0.3, -0.25) is 4.79 Å². The molecule has 0 unspecified atom stereocenters. The van der Waals surface area contributed by atoms with Gasteiger partial charge in [0.25, 0.3) is 0 Å². The van der Waals surface area contributed by atoms with Crippen molar-refractivity contribution in [2.24, 2.45) is 16.5 Å². The molecule has 0 saturated heterocycles. The average Bonchev–Trinajstić information content (AvgIpc) is 2.65. The van der Waals surface area contributed by atoms with E-state index in [2.05, 4.69) is 4.99 Å². The number of rotatable bonds is 9. The number of aliphatic imine (C=N–C) groups is 1. The molecule has 0 atom stereocenters. The Hall–Kier alpha value is -2.64. The highest BCUT2D eigenvalue weighted by Gasteiger charge is 2.11. The van der Waals surface area contributed by atoms with E-state index in [9.17, 15) is 9.18 Å². The van der Waals surface area contributed by atoms with Crippen molar-refractivity contribution in [2.45, 2.75) is 19.3 Å². The molecule has 0 aliphatic heterocycles. The number of amides is 1. The molecule has 2 aromatic carbocycles. The molecular weight excluding hydrogens is 385 g/mol. The molecule has 6 nitrogen and oxygen atoms in total. The van der Waals surface area contributed by atoms with E-state index in [1.165, 1.54) is 6.07 Å². The first-order chi connectivity index (χ1) is 13.4. The summed E-state index contributed by atoms with van der Waals surface area (Å²) in [5.74, 6) is -0.513. The lowest BCUT2D eigenvalue weighted by atomic mass is 10.0. The van der Waals surface area contributed by atoms with E-state index in [0.29, 0.717) is 31.8 Å². The fourth-order valence-electron chi connectivity index (χ4n) is 2.58. The van der Waals surface area contributed by atoms with Crippen LogP contribution in [-0.2, 0) is 16.0 Å². The first-order valence-electron chi connectivity index (χ1n) is 8.73. The molecule has 0 fully saturated rings. The Kier molecular flexibility index (Phi) is 8.22. The Morgan fingerprint density at radius 1 is 1.18 bits per heavy atom. The maximum Gasteiger partial charge on any atom is 0.249 e. The van der Waals surface area contributed by atoms with Gasteiger partial charge in [-0.2, -0.15) is 4.99 Å². The standard InChI is InChI=1S/C20H23ClFN3O3/c1-27-9-2-10-28-18-11-13(4-8-19(26)25-20(23)24)3-6-15(18)14-5-7-17(22)16(21)12-14/h3,5-7,11-12H,2,4,8-10H2,1H3,(H4,23,24,25,26). The minimum absolute atomic E-state index is 0.0368. The van der Waals surface area contributed by atoms with Gasteiger partial charge in [-0.05, 0) is 35.7 Å². The number of nitrogens with two attached hydrogens (primary N) is 2. The summed E-state index contributed by atoms with van der Waals surface area (Å²) < 4.78 is 24.4. The largest absolute Gasteiger partial charge is 0.493 e. The van der Waals surface area contributed by atoms with Crippen LogP contribution in [0.4, 0.5) is 4.39 Å². The molecule has 0 bridgehead atoms. The van der Waals surface area contributed by atoms with E-state index in [0.717, 1.165) is 16.7 Å². The summed E-state index contributed by atoms with van der Waals surface area (Å²) in [5.41, 5.74) is 12.8. The molecule has 4 N–H and O–H groups in total. The highest BCUT2D eigenvalue weighted by molar-refractivity contribution is 6.31. The van der Waals surface area contributed by atoms with Crippen LogP contribution in [0.1, 0.15) is 18.4 Å². The van der Waals surface area contributed by atoms with Crippen molar-refractivity contribution in [3.63, 3.8) is 0 Å². The van der Waals surface area contributed by atoms with E-state index < -0.39 is 11.7 Å². The molecule has 0 saturated carbocycles. The number of nitrogens with zero attached hydrogens (tertiary/aromatic N) is 1. The molecule has 0 aliphatic rings. The smallest absolute Gasteiger partial charge is 0.249 e. The number of benzene rings is 2. The summed E-state index contributed by atoms with van der Waals surface area (Å²) >= 11 is 5.92. The van der Waals surface area contributed by atoms with Gasteiger partial charge in [-0.15, -0.1) is 0 Å². The van der Waals surface area contributed by atoms with Gasteiger partial charge in [0.2, 0.25) is 5.91 Å². The van der Waals surface area contributed by atoms with Crippen LogP contribution in [0.5, 0.6) is 5.75 Å². The Morgan fingerprint density at radius 3 is 2.64 bits per heavy atom. The number of halogens is 2. The maximum atomic E-state index is 13.5. The highest BCUT2D eigenvalue weighted by atomic mass is 35.5. The average molecular weight is 408 g/mol. The molecule has 8 heteroatoms. The van der Waals surface area contributed by atoms with Crippen LogP contribution in [0.25, 0.3) is 11.1 Å². The molecule has 2 aromatic rings. The molecule has 0 radical (unpaired) electrons. The monoisotopic (exact) mass is 407 g/mol. The van der Waals surface area contributed by atoms with Gasteiger partial charge in [0, 0.05) is 32.1 Å². The number of ether oxygens (including phenoxy) is 2. The molecule has 0 heterocycles. The van der Waals surface area contributed by atoms with Crippen LogP contribution in [-0.4, -0.2) is 32.2 Å². The number of carbonyl (C=O) groups is 1. The highest BCUT2D eigenvalue weighted by Crippen LogP contribution is 2.33. The molecular formula is C20H23ClFN3O3. The summed E-state index contributed by atoms with van der Waals surface area (Å²) in [7, 11) is 1.63. The zero-order valence-corrected chi connectivity index (χ0v) is 16.3. The van der Waals surface area contributed by atoms with E-state index in [1.54, 1.807) is 19.2 Å². The summed E-state index contributed by atoms with van der Waals surface area (Å²) in [5, 5.41) is 0.0368. The van der Waals surface area contributed by atoms with Crippen molar-refractivity contribution in [3.05, 3.63) is 52.8 Å². The summed E-state index contributed by atoms with van der Waals surface area (Å²) in [4.78, 5) is 15.2. The lowest BCUT2D eigenvalue weighted by Gasteiger charge is -2.14. The predicted molar refractivity (Wildman–Crippen MR) is 108 cm³/mol. The second-order valence-electron chi connectivity index (χ2n) is 6.08. The topological polar surface area (TPSA) is 99.9 Å². The first kappa shape index (κ1) is 21.7. The van der Waals surface area contributed by atoms with Crippen molar-refractivity contribution in [1.29, 1.82) is 0 Å². The van der Waals surface area contributed by atoms with Crippen molar-refractivity contribution in [1.82, 2.24) is 0 Å². The summed E-state index contributed by atoms with van der Waals surface area (Å²) in [6, 6.07) is 10.1. The third-order valence-electron chi connectivity index (χ3n) is 3.91. The third kappa shape index (κ3) is 6.51. The number of hydrogen-bond acceptors (Lipinski definition) is 3. The van der Waals surface area contributed by atoms with Gasteiger partial charge in [-0.1, -0.05) is 29.8 Å². The second kappa shape index (κ2) is 10.6. The van der Waals surface area contributed by atoms with Crippen molar-refractivity contribution in [3.8, 4) is 16.9 Å². The predicted octanol–water partition coefficient (Wildman–Crippen LogP) is 3.29. The van der Waals surface area contributed by atoms with E-state index in [-0.39, 0.29) is 17.4 Å². The lowest BCUT2D eigenvalue weighted by Crippen LogP contribution is -2.24. The third-order valence-corrected chi connectivity index (χ3v) is 4.20. The summed E-state index contributed by atoms with van der Waals surface area (Å²) in [6.45, 7) is 1.02. The fourth-order valence-corrected chi connectivity index (χ4v) is 2.76. The molecule has 150 valence electrons. The van der Waals surface area contributed by atoms with Gasteiger partial charge in [0.1, 0.15) is 11.6 Å². The quantitative estimate of drug-likeness (QED) is 0.377. The Labute approximate surface area is 168 Å². The van der Waals surface area contributed by atoms with Crippen LogP contribution in [0.3, 0.4) is 0 Å². The van der Waals surface area contributed by atoms with Crippen molar-refractivity contribution >= 4 is 23.5 Å². The molecule has 0 aromatic heterocycles. The Balaban J connectivity index is 2.24. The number of carbonyl (C=O) groups excluding carboxylic acids is 1. The van der Waals surface area contributed by atoms with Crippen LogP contribution in [0, 0.1) is 5.82 Å². The zero-order valence-electron chi connectivity index (χ0n) is 15.6. The number of methoxy groups -OCH3 is 1. The number of hydrogen-bond donors (Lipinski definition) is 2. The molecule has 1 amide bonds. The molecule has 0 spiro atoms. The number of guanidine groups is 1. The van der Waals surface area contributed by atoms with Gasteiger partial charge >= 0.3 is 0 Å². The Bertz CT molecular complexity index is 855. The minimum atomic E-state index is -0.483. The van der Waals surface area contributed by atoms with E-state index >= 15 is 0 Å². The van der Waals surface area contributed by atoms with Crippen LogP contribution in [0.15, 0.2) is 41.4 Å². The van der Waals surface area contributed by atoms with Gasteiger partial charge < -0.3 is 20.9 Å². The first-order valence-corrected chi connectivity index (χ1v) is 9.11. The van der Waals surface area contributed by atoms with Crippen molar-refractivity contribution in [2.75, 3.05) is 20.3 Å². The number of aryl methyl sites for hydroxylation is 1. The molecule has 2 rings (SSSR count).